The van der Waals surface area contributed by atoms with Gasteiger partial charge in [0, 0.05) is 38.2 Å². The molecular weight excluding hydrogens is 698 g/mol. The highest BCUT2D eigenvalue weighted by molar-refractivity contribution is 9.10. The minimum atomic E-state index is -1.04. The molecule has 0 saturated carbocycles. The average Bonchev–Trinajstić information content (AvgIpc) is 3.30. The first-order valence-corrected chi connectivity index (χ1v) is 16.8. The summed E-state index contributed by atoms with van der Waals surface area (Å²) in [5.74, 6) is -1.77. The maximum atomic E-state index is 13.2. The Bertz CT molecular complexity index is 1940. The van der Waals surface area contributed by atoms with E-state index in [4.69, 9.17) is 4.74 Å². The third-order valence-electron chi connectivity index (χ3n) is 9.55. The summed E-state index contributed by atoms with van der Waals surface area (Å²) in [6.45, 7) is 2.40. The Morgan fingerprint density at radius 2 is 1.69 bits per heavy atom. The lowest BCUT2D eigenvalue weighted by atomic mass is 9.87. The molecule has 0 spiro atoms. The van der Waals surface area contributed by atoms with Crippen LogP contribution in [0.1, 0.15) is 61.8 Å². The van der Waals surface area contributed by atoms with Gasteiger partial charge < -0.3 is 19.9 Å². The molecule has 15 heteroatoms. The summed E-state index contributed by atoms with van der Waals surface area (Å²) in [5, 5.41) is 9.78. The highest BCUT2D eigenvalue weighted by atomic mass is 79.9. The number of rotatable bonds is 7. The summed E-state index contributed by atoms with van der Waals surface area (Å²) in [6, 6.07) is 11.3. The number of carbonyl (C=O) groups excluding carboxylic acids is 5. The van der Waals surface area contributed by atoms with Crippen LogP contribution in [0, 0.1) is 0 Å². The van der Waals surface area contributed by atoms with Crippen LogP contribution in [0.25, 0.3) is 0 Å². The number of piperidine rings is 2. The molecule has 5 amide bonds. The third kappa shape index (κ3) is 6.23. The predicted octanol–water partition coefficient (Wildman–Crippen LogP) is 1.75. The topological polar surface area (TPSA) is 163 Å². The fourth-order valence-corrected chi connectivity index (χ4v) is 7.45. The minimum absolute atomic E-state index is 0.0479. The van der Waals surface area contributed by atoms with Crippen LogP contribution in [0.15, 0.2) is 57.9 Å². The van der Waals surface area contributed by atoms with E-state index in [1.807, 2.05) is 24.3 Å². The molecule has 3 aromatic rings. The fourth-order valence-electron chi connectivity index (χ4n) is 6.97. The van der Waals surface area contributed by atoms with Crippen LogP contribution in [-0.4, -0.2) is 105 Å². The quantitative estimate of drug-likeness (QED) is 0.343. The second kappa shape index (κ2) is 12.9. The van der Waals surface area contributed by atoms with Crippen LogP contribution in [0.4, 0.5) is 5.69 Å². The summed E-state index contributed by atoms with van der Waals surface area (Å²) in [5.41, 5.74) is 2.48. The van der Waals surface area contributed by atoms with Crippen molar-refractivity contribution in [2.45, 2.75) is 43.4 Å². The molecule has 7 rings (SSSR count). The Morgan fingerprint density at radius 1 is 0.959 bits per heavy atom. The van der Waals surface area contributed by atoms with E-state index in [-0.39, 0.29) is 53.5 Å². The number of carbonyl (C=O) groups is 5. The number of amides is 5. The summed E-state index contributed by atoms with van der Waals surface area (Å²) >= 11 is 3.39. The molecule has 1 unspecified atom stereocenters. The van der Waals surface area contributed by atoms with Crippen molar-refractivity contribution < 1.29 is 28.7 Å². The van der Waals surface area contributed by atoms with Gasteiger partial charge in [-0.1, -0.05) is 12.1 Å². The molecule has 3 atom stereocenters. The zero-order valence-corrected chi connectivity index (χ0v) is 28.4. The fraction of sp³-hybridized carbons (Fsp3) is 0.382. The number of fused-ring (bicyclic) bond motifs is 1. The van der Waals surface area contributed by atoms with Gasteiger partial charge in [-0.25, -0.2) is 4.68 Å². The van der Waals surface area contributed by atoms with E-state index in [0.717, 1.165) is 30.0 Å². The molecule has 3 saturated heterocycles. The number of likely N-dealkylation sites (N-methyl/N-ethyl adjacent to an activating group) is 1. The van der Waals surface area contributed by atoms with Gasteiger partial charge >= 0.3 is 0 Å². The number of hydrogen-bond acceptors (Lipinski definition) is 10. The standard InChI is InChI=1S/C34H34BrN7O7/c1-39-14-20(11-21(15-39)37-26-13-36-40(2)34(48)29(26)35)18-3-5-19(6-4-18)31(45)41-16-23(17-41)49-22-7-8-24-25(12-22)33(47)42(32(24)46)27-9-10-28(43)38-30(27)44/h3-8,12-13,20-21,23,27,37H,9-11,14-17H2,1-2H3,(H,38,43,44)/t20-,21+,27?/m1/s1. The number of hydrogen-bond donors (Lipinski definition) is 2. The normalized spacial score (nSPS) is 22.9. The van der Waals surface area contributed by atoms with Gasteiger partial charge in [-0.05, 0) is 77.6 Å². The maximum Gasteiger partial charge on any atom is 0.282 e. The van der Waals surface area contributed by atoms with Gasteiger partial charge in [-0.2, -0.15) is 5.10 Å². The number of likely N-dealkylation sites (tertiary alicyclic amines) is 2. The summed E-state index contributed by atoms with van der Waals surface area (Å²) < 4.78 is 7.77. The third-order valence-corrected chi connectivity index (χ3v) is 10.3. The number of aryl methyl sites for hydroxylation is 1. The highest BCUT2D eigenvalue weighted by Crippen LogP contribution is 2.32. The van der Waals surface area contributed by atoms with Gasteiger partial charge in [0.15, 0.2) is 0 Å². The van der Waals surface area contributed by atoms with Crippen molar-refractivity contribution in [2.75, 3.05) is 38.5 Å². The van der Waals surface area contributed by atoms with Crippen molar-refractivity contribution in [1.29, 1.82) is 0 Å². The lowest BCUT2D eigenvalue weighted by Crippen LogP contribution is -2.56. The average molecular weight is 733 g/mol. The number of benzene rings is 2. The number of halogens is 1. The van der Waals surface area contributed by atoms with Crippen molar-refractivity contribution >= 4 is 51.2 Å². The van der Waals surface area contributed by atoms with Crippen LogP contribution < -0.4 is 20.9 Å². The molecule has 4 aliphatic rings. The van der Waals surface area contributed by atoms with E-state index in [0.29, 0.717) is 34.6 Å². The zero-order chi connectivity index (χ0) is 34.6. The van der Waals surface area contributed by atoms with Crippen molar-refractivity contribution in [3.05, 3.63) is 85.7 Å². The molecule has 4 aliphatic heterocycles. The molecule has 2 aromatic carbocycles. The molecular formula is C34H34BrN7O7. The molecule has 0 bridgehead atoms. The Balaban J connectivity index is 0.936. The molecule has 3 fully saturated rings. The SMILES string of the molecule is CN1C[C@@H](Nc2cnn(C)c(=O)c2Br)C[C@@H](c2ccc(C(=O)N3CC(Oc4ccc5c(c4)C(=O)N(C4CCC(=O)NC4=O)C5=O)C3)cc2)C1. The molecule has 1 aromatic heterocycles. The summed E-state index contributed by atoms with van der Waals surface area (Å²) in [6.07, 6.45) is 2.34. The van der Waals surface area contributed by atoms with Crippen molar-refractivity contribution in [3.8, 4) is 5.75 Å². The van der Waals surface area contributed by atoms with Gasteiger partial charge in [0.05, 0.1) is 36.1 Å². The van der Waals surface area contributed by atoms with E-state index in [2.05, 4.69) is 43.6 Å². The van der Waals surface area contributed by atoms with E-state index < -0.39 is 29.7 Å². The lowest BCUT2D eigenvalue weighted by molar-refractivity contribution is -0.136. The van der Waals surface area contributed by atoms with Gasteiger partial charge in [0.2, 0.25) is 11.8 Å². The second-order valence-corrected chi connectivity index (χ2v) is 13.8. The molecule has 254 valence electrons. The first-order valence-electron chi connectivity index (χ1n) is 16.0. The van der Waals surface area contributed by atoms with Crippen LogP contribution in [0.5, 0.6) is 5.75 Å². The first-order chi connectivity index (χ1) is 23.5. The Labute approximate surface area is 289 Å². The number of nitrogens with one attached hydrogen (secondary N) is 2. The van der Waals surface area contributed by atoms with Crippen LogP contribution in [0.2, 0.25) is 0 Å². The van der Waals surface area contributed by atoms with Crippen LogP contribution in [-0.2, 0) is 16.6 Å². The minimum Gasteiger partial charge on any atom is -0.487 e. The molecule has 0 aliphatic carbocycles. The van der Waals surface area contributed by atoms with Gasteiger partial charge in [0.1, 0.15) is 22.4 Å². The Hall–Kier alpha value is -4.89. The van der Waals surface area contributed by atoms with Gasteiger partial charge in [-0.15, -0.1) is 0 Å². The van der Waals surface area contributed by atoms with Gasteiger partial charge in [-0.3, -0.25) is 39.0 Å². The molecule has 14 nitrogen and oxygen atoms in total. The van der Waals surface area contributed by atoms with E-state index in [9.17, 15) is 28.8 Å². The van der Waals surface area contributed by atoms with Crippen LogP contribution >= 0.6 is 15.9 Å². The van der Waals surface area contributed by atoms with Crippen molar-refractivity contribution in [2.24, 2.45) is 7.05 Å². The number of imide groups is 2. The number of ether oxygens (including phenoxy) is 1. The van der Waals surface area contributed by atoms with Crippen molar-refractivity contribution in [1.82, 2.24) is 29.8 Å². The van der Waals surface area contributed by atoms with E-state index in [1.54, 1.807) is 24.2 Å². The summed E-state index contributed by atoms with van der Waals surface area (Å²) in [7, 11) is 3.67. The lowest BCUT2D eigenvalue weighted by Gasteiger charge is -2.39. The second-order valence-electron chi connectivity index (χ2n) is 13.0. The smallest absolute Gasteiger partial charge is 0.282 e. The number of nitrogens with zero attached hydrogens (tertiary/aromatic N) is 5. The van der Waals surface area contributed by atoms with Crippen molar-refractivity contribution in [3.63, 3.8) is 0 Å². The van der Waals surface area contributed by atoms with Gasteiger partial charge in [0.25, 0.3) is 23.3 Å². The zero-order valence-electron chi connectivity index (χ0n) is 26.8. The molecule has 2 N–H and O–H groups in total. The first kappa shape index (κ1) is 32.6. The van der Waals surface area contributed by atoms with E-state index >= 15 is 0 Å². The van der Waals surface area contributed by atoms with E-state index in [1.165, 1.54) is 16.8 Å². The number of aromatic nitrogens is 2. The molecule has 49 heavy (non-hydrogen) atoms. The maximum absolute atomic E-state index is 13.2. The molecule has 0 radical (unpaired) electrons. The largest absolute Gasteiger partial charge is 0.487 e. The Kier molecular flexibility index (Phi) is 8.57. The molecule has 5 heterocycles. The highest BCUT2D eigenvalue weighted by Gasteiger charge is 2.45. The summed E-state index contributed by atoms with van der Waals surface area (Å²) in [4.78, 5) is 80.3. The predicted molar refractivity (Wildman–Crippen MR) is 179 cm³/mol. The number of anilines is 1. The Morgan fingerprint density at radius 3 is 2.43 bits per heavy atom. The monoisotopic (exact) mass is 731 g/mol. The van der Waals surface area contributed by atoms with Crippen LogP contribution in [0.3, 0.4) is 0 Å².